The van der Waals surface area contributed by atoms with Crippen LogP contribution in [0.2, 0.25) is 0 Å². The molecule has 187 valence electrons. The predicted molar refractivity (Wildman–Crippen MR) is 112 cm³/mol. The number of nitrogens with two attached hydrogens (primary N) is 1. The van der Waals surface area contributed by atoms with Crippen LogP contribution in [0.15, 0.2) is 35.1 Å². The van der Waals surface area contributed by atoms with Crippen molar-refractivity contribution in [2.45, 2.75) is 30.3 Å². The van der Waals surface area contributed by atoms with E-state index >= 15 is 0 Å². The first kappa shape index (κ1) is 25.9. The van der Waals surface area contributed by atoms with Gasteiger partial charge in [-0.1, -0.05) is 12.1 Å². The standard InChI is InChI=1S/C22H24N2O9.Cu/c1-21(32)7-5-4-6-8(25)9(7)15(26)10-12(21)17(28)13-14(24(2)3)16(27)11(20(23)31)19(30)22(13,33)18(10)29;/h4-6,12-14,17,25-26,28,30,32-33H,1-3H3,(H2,23,31);/t12-,13-,14+,17+,21-,22+;/m1./s1. The Balaban J connectivity index is 0.00000324. The molecule has 0 aromatic heterocycles. The van der Waals surface area contributed by atoms with Gasteiger partial charge in [-0.2, -0.15) is 0 Å². The van der Waals surface area contributed by atoms with Crippen LogP contribution in [0.5, 0.6) is 5.75 Å². The molecule has 12 heteroatoms. The van der Waals surface area contributed by atoms with E-state index in [1.165, 1.54) is 44.1 Å². The number of benzene rings is 1. The average Bonchev–Trinajstić information content (AvgIpc) is 2.70. The van der Waals surface area contributed by atoms with Crippen LogP contribution in [0.3, 0.4) is 0 Å². The summed E-state index contributed by atoms with van der Waals surface area (Å²) in [4.78, 5) is 39.9. The summed E-state index contributed by atoms with van der Waals surface area (Å²) in [5, 5.41) is 66.3. The van der Waals surface area contributed by atoms with Crippen molar-refractivity contribution in [2.75, 3.05) is 14.1 Å². The van der Waals surface area contributed by atoms with E-state index in [-0.39, 0.29) is 28.2 Å². The SMILES string of the molecule is CN(C)[C@@H]1C(=O)C(C(N)=O)=C(O)[C@@]2(O)C(=O)C3=C(O)c4c(O)cccc4[C@@](C)(O)[C@H]3[C@H](O)[C@@H]12.[Cu]. The van der Waals surface area contributed by atoms with Crippen molar-refractivity contribution >= 4 is 23.2 Å². The number of phenolic OH excluding ortho intramolecular Hbond substituents is 1. The second-order valence-corrected chi connectivity index (χ2v) is 9.06. The zero-order valence-electron chi connectivity index (χ0n) is 18.3. The summed E-state index contributed by atoms with van der Waals surface area (Å²) in [7, 11) is 2.80. The molecule has 1 amide bonds. The molecule has 1 saturated carbocycles. The number of primary amides is 1. The number of hydrogen-bond acceptors (Lipinski definition) is 10. The maximum absolute atomic E-state index is 13.7. The van der Waals surface area contributed by atoms with Crippen LogP contribution in [-0.4, -0.2) is 84.9 Å². The number of carbonyl (C=O) groups is 3. The molecule has 3 aliphatic rings. The Hall–Kier alpha value is -2.73. The first-order valence-electron chi connectivity index (χ1n) is 10.1. The van der Waals surface area contributed by atoms with Crippen LogP contribution >= 0.6 is 0 Å². The van der Waals surface area contributed by atoms with Gasteiger partial charge in [-0.25, -0.2) is 0 Å². The van der Waals surface area contributed by atoms with E-state index < -0.39 is 81.1 Å². The van der Waals surface area contributed by atoms with E-state index in [9.17, 15) is 45.0 Å². The van der Waals surface area contributed by atoms with Gasteiger partial charge in [-0.15, -0.1) is 0 Å². The number of aromatic hydroxyl groups is 1. The van der Waals surface area contributed by atoms with Crippen molar-refractivity contribution in [1.29, 1.82) is 0 Å². The number of aliphatic hydroxyl groups is 5. The molecule has 0 bridgehead atoms. The maximum Gasteiger partial charge on any atom is 0.255 e. The Kier molecular flexibility index (Phi) is 6.02. The van der Waals surface area contributed by atoms with Crippen LogP contribution in [0, 0.1) is 11.8 Å². The molecule has 4 rings (SSSR count). The topological polar surface area (TPSA) is 202 Å². The fraction of sp³-hybridized carbons (Fsp3) is 0.409. The minimum absolute atomic E-state index is 0. The van der Waals surface area contributed by atoms with Gasteiger partial charge < -0.3 is 36.4 Å². The van der Waals surface area contributed by atoms with Crippen molar-refractivity contribution in [3.8, 4) is 5.75 Å². The minimum atomic E-state index is -3.02. The van der Waals surface area contributed by atoms with E-state index in [1.807, 2.05) is 0 Å². The summed E-state index contributed by atoms with van der Waals surface area (Å²) in [5.41, 5.74) is -1.78. The largest absolute Gasteiger partial charge is 0.508 e. The molecule has 0 saturated heterocycles. The average molecular weight is 524 g/mol. The van der Waals surface area contributed by atoms with Gasteiger partial charge in [-0.05, 0) is 32.6 Å². The second kappa shape index (κ2) is 7.91. The molecule has 0 heterocycles. The molecule has 8 N–H and O–H groups in total. The number of nitrogens with zero attached hydrogens (tertiary/aromatic N) is 1. The monoisotopic (exact) mass is 523 g/mol. The number of amides is 1. The number of phenols is 1. The van der Waals surface area contributed by atoms with Gasteiger partial charge in [0.05, 0.1) is 40.7 Å². The molecule has 1 radical (unpaired) electrons. The molecule has 34 heavy (non-hydrogen) atoms. The van der Waals surface area contributed by atoms with Gasteiger partial charge >= 0.3 is 0 Å². The van der Waals surface area contributed by atoms with E-state index in [2.05, 4.69) is 0 Å². The third kappa shape index (κ3) is 2.94. The number of likely N-dealkylation sites (N-methyl/N-ethyl adjacent to an activating group) is 1. The van der Waals surface area contributed by atoms with Crippen LogP contribution in [0.1, 0.15) is 18.1 Å². The van der Waals surface area contributed by atoms with Crippen molar-refractivity contribution in [1.82, 2.24) is 4.90 Å². The van der Waals surface area contributed by atoms with Crippen molar-refractivity contribution in [3.05, 3.63) is 46.2 Å². The summed E-state index contributed by atoms with van der Waals surface area (Å²) in [6, 6.07) is 2.50. The maximum atomic E-state index is 13.7. The normalized spacial score (nSPS) is 34.9. The van der Waals surface area contributed by atoms with Gasteiger partial charge in [0.2, 0.25) is 5.78 Å². The number of hydrogen-bond donors (Lipinski definition) is 7. The number of Topliss-reactive ketones (excluding diaryl/α,β-unsaturated/α-hetero) is 2. The van der Waals surface area contributed by atoms with Crippen molar-refractivity contribution < 1.29 is 62.1 Å². The molecular formula is C22H24CuN2O9. The summed E-state index contributed by atoms with van der Waals surface area (Å²) in [6.07, 6.45) is -1.87. The van der Waals surface area contributed by atoms with Gasteiger partial charge in [0.25, 0.3) is 5.91 Å². The number of carbonyl (C=O) groups excluding carboxylic acids is 3. The van der Waals surface area contributed by atoms with Gasteiger partial charge in [-0.3, -0.25) is 19.3 Å². The van der Waals surface area contributed by atoms with Crippen molar-refractivity contribution in [2.24, 2.45) is 17.6 Å². The Morgan fingerprint density at radius 2 is 1.71 bits per heavy atom. The molecule has 0 spiro atoms. The fourth-order valence-corrected chi connectivity index (χ4v) is 5.60. The molecule has 6 atom stereocenters. The summed E-state index contributed by atoms with van der Waals surface area (Å²) < 4.78 is 0. The fourth-order valence-electron chi connectivity index (χ4n) is 5.60. The first-order chi connectivity index (χ1) is 15.2. The molecule has 0 aliphatic heterocycles. The van der Waals surface area contributed by atoms with Gasteiger partial charge in [0.15, 0.2) is 11.4 Å². The van der Waals surface area contributed by atoms with E-state index in [1.54, 1.807) is 0 Å². The summed E-state index contributed by atoms with van der Waals surface area (Å²) in [5.74, 6) is -9.67. The molecule has 1 fully saturated rings. The number of rotatable bonds is 2. The zero-order valence-corrected chi connectivity index (χ0v) is 19.2. The predicted octanol–water partition coefficient (Wildman–Crippen LogP) is -1.40. The Labute approximate surface area is 204 Å². The quantitative estimate of drug-likeness (QED) is 0.178. The summed E-state index contributed by atoms with van der Waals surface area (Å²) >= 11 is 0. The number of aliphatic hydroxyl groups excluding tert-OH is 3. The van der Waals surface area contributed by atoms with E-state index in [4.69, 9.17) is 5.73 Å². The van der Waals surface area contributed by atoms with Crippen LogP contribution in [-0.2, 0) is 37.1 Å². The third-order valence-corrected chi connectivity index (χ3v) is 7.03. The van der Waals surface area contributed by atoms with Crippen LogP contribution in [0.4, 0.5) is 0 Å². The smallest absolute Gasteiger partial charge is 0.255 e. The minimum Gasteiger partial charge on any atom is -0.508 e. The molecule has 1 aromatic carbocycles. The van der Waals surface area contributed by atoms with Gasteiger partial charge in [0.1, 0.15) is 22.8 Å². The van der Waals surface area contributed by atoms with E-state index in [0.717, 1.165) is 0 Å². The first-order valence-corrected chi connectivity index (χ1v) is 10.1. The second-order valence-electron chi connectivity index (χ2n) is 9.06. The Morgan fingerprint density at radius 3 is 2.24 bits per heavy atom. The Bertz CT molecular complexity index is 1190. The molecule has 0 unspecified atom stereocenters. The summed E-state index contributed by atoms with van der Waals surface area (Å²) in [6.45, 7) is 1.25. The third-order valence-electron chi connectivity index (χ3n) is 7.03. The van der Waals surface area contributed by atoms with Crippen LogP contribution in [0.25, 0.3) is 5.76 Å². The molecule has 1 aromatic rings. The number of ketones is 2. The van der Waals surface area contributed by atoms with Gasteiger partial charge in [0, 0.05) is 17.1 Å². The zero-order chi connectivity index (χ0) is 24.8. The molecule has 3 aliphatic carbocycles. The van der Waals surface area contributed by atoms with E-state index in [0.29, 0.717) is 0 Å². The molecule has 11 nitrogen and oxygen atoms in total. The Morgan fingerprint density at radius 1 is 1.12 bits per heavy atom. The molecular weight excluding hydrogens is 500 g/mol. The number of fused-ring (bicyclic) bond motifs is 3. The van der Waals surface area contributed by atoms with Crippen molar-refractivity contribution in [3.63, 3.8) is 0 Å². The van der Waals surface area contributed by atoms with Crippen LogP contribution < -0.4 is 5.73 Å².